The van der Waals surface area contributed by atoms with Gasteiger partial charge in [0.25, 0.3) is 0 Å². The number of rotatable bonds is 4. The van der Waals surface area contributed by atoms with Gasteiger partial charge >= 0.3 is 5.97 Å². The standard InChI is InChI=1S/C15H10Br2O3/c16-12-7-3-1-5-10(12)14(18)9-20-15(19)11-6-2-4-8-13(11)17/h1-8H,9H2. The molecule has 0 N–H and O–H groups in total. The molecule has 0 unspecified atom stereocenters. The molecular formula is C15H10Br2O3. The molecular weight excluding hydrogens is 388 g/mol. The van der Waals surface area contributed by atoms with E-state index in [1.54, 1.807) is 42.5 Å². The quantitative estimate of drug-likeness (QED) is 0.572. The molecule has 0 radical (unpaired) electrons. The van der Waals surface area contributed by atoms with Crippen LogP contribution in [0.5, 0.6) is 0 Å². The highest BCUT2D eigenvalue weighted by atomic mass is 79.9. The van der Waals surface area contributed by atoms with Crippen LogP contribution in [0.25, 0.3) is 0 Å². The Bertz CT molecular complexity index is 596. The number of Topliss-reactive ketones (excluding diaryl/α,β-unsaturated/α-hetero) is 1. The number of carbonyl (C=O) groups excluding carboxylic acids is 2. The molecule has 2 aromatic rings. The first kappa shape index (κ1) is 14.9. The van der Waals surface area contributed by atoms with E-state index in [4.69, 9.17) is 4.74 Å². The zero-order chi connectivity index (χ0) is 14.5. The van der Waals surface area contributed by atoms with Crippen molar-refractivity contribution in [3.63, 3.8) is 0 Å². The Morgan fingerprint density at radius 3 is 1.90 bits per heavy atom. The Morgan fingerprint density at radius 1 is 0.850 bits per heavy atom. The van der Waals surface area contributed by atoms with Gasteiger partial charge in [0.05, 0.1) is 5.56 Å². The summed E-state index contributed by atoms with van der Waals surface area (Å²) in [6.07, 6.45) is 0. The SMILES string of the molecule is O=C(COC(=O)c1ccccc1Br)c1ccccc1Br. The van der Waals surface area contributed by atoms with Gasteiger partial charge in [0, 0.05) is 14.5 Å². The number of ketones is 1. The first-order valence-corrected chi connectivity index (χ1v) is 7.37. The second-order valence-corrected chi connectivity index (χ2v) is 5.67. The molecule has 20 heavy (non-hydrogen) atoms. The van der Waals surface area contributed by atoms with Crippen molar-refractivity contribution < 1.29 is 14.3 Å². The van der Waals surface area contributed by atoms with E-state index in [9.17, 15) is 9.59 Å². The maximum Gasteiger partial charge on any atom is 0.339 e. The number of esters is 1. The minimum atomic E-state index is -0.530. The van der Waals surface area contributed by atoms with E-state index in [0.29, 0.717) is 20.1 Å². The summed E-state index contributed by atoms with van der Waals surface area (Å²) < 4.78 is 6.36. The monoisotopic (exact) mass is 396 g/mol. The largest absolute Gasteiger partial charge is 0.454 e. The third-order valence-corrected chi connectivity index (χ3v) is 3.99. The first-order chi connectivity index (χ1) is 9.59. The average Bonchev–Trinajstić information content (AvgIpc) is 2.45. The molecule has 2 rings (SSSR count). The number of ether oxygens (including phenoxy) is 1. The van der Waals surface area contributed by atoms with E-state index in [1.165, 1.54) is 0 Å². The van der Waals surface area contributed by atoms with Crippen LogP contribution in [0.2, 0.25) is 0 Å². The summed E-state index contributed by atoms with van der Waals surface area (Å²) in [6, 6.07) is 13.9. The fourth-order valence-corrected chi connectivity index (χ4v) is 2.55. The number of carbonyl (C=O) groups is 2. The number of hydrogen-bond acceptors (Lipinski definition) is 3. The summed E-state index contributed by atoms with van der Waals surface area (Å²) in [5.74, 6) is -0.782. The summed E-state index contributed by atoms with van der Waals surface area (Å²) in [4.78, 5) is 23.8. The van der Waals surface area contributed by atoms with E-state index < -0.39 is 5.97 Å². The van der Waals surface area contributed by atoms with E-state index >= 15 is 0 Å². The molecule has 2 aromatic carbocycles. The van der Waals surface area contributed by atoms with Gasteiger partial charge in [-0.2, -0.15) is 0 Å². The van der Waals surface area contributed by atoms with Gasteiger partial charge in [0.2, 0.25) is 5.78 Å². The molecule has 0 heterocycles. The molecule has 3 nitrogen and oxygen atoms in total. The lowest BCUT2D eigenvalue weighted by molar-refractivity contribution is 0.0473. The van der Waals surface area contributed by atoms with Gasteiger partial charge < -0.3 is 4.74 Å². The van der Waals surface area contributed by atoms with Crippen molar-refractivity contribution in [1.29, 1.82) is 0 Å². The summed E-state index contributed by atoms with van der Waals surface area (Å²) >= 11 is 6.56. The molecule has 0 spiro atoms. The van der Waals surface area contributed by atoms with Gasteiger partial charge in [0.15, 0.2) is 6.61 Å². The molecule has 5 heteroatoms. The summed E-state index contributed by atoms with van der Waals surface area (Å²) in [6.45, 7) is -0.289. The van der Waals surface area contributed by atoms with Crippen molar-refractivity contribution in [3.8, 4) is 0 Å². The number of halogens is 2. The second kappa shape index (κ2) is 6.81. The predicted octanol–water partition coefficient (Wildman–Crippen LogP) is 4.25. The molecule has 0 aliphatic rings. The third kappa shape index (κ3) is 3.55. The van der Waals surface area contributed by atoms with Crippen molar-refractivity contribution in [1.82, 2.24) is 0 Å². The minimum Gasteiger partial charge on any atom is -0.454 e. The van der Waals surface area contributed by atoms with Crippen LogP contribution in [0.3, 0.4) is 0 Å². The molecule has 0 saturated heterocycles. The van der Waals surface area contributed by atoms with Crippen LogP contribution in [0, 0.1) is 0 Å². The van der Waals surface area contributed by atoms with Gasteiger partial charge in [-0.3, -0.25) is 4.79 Å². The zero-order valence-electron chi connectivity index (χ0n) is 10.3. The van der Waals surface area contributed by atoms with E-state index in [0.717, 1.165) is 0 Å². The van der Waals surface area contributed by atoms with E-state index in [-0.39, 0.29) is 12.4 Å². The fraction of sp³-hybridized carbons (Fsp3) is 0.0667. The topological polar surface area (TPSA) is 43.4 Å². The zero-order valence-corrected chi connectivity index (χ0v) is 13.5. The van der Waals surface area contributed by atoms with Crippen LogP contribution >= 0.6 is 31.9 Å². The minimum absolute atomic E-state index is 0.252. The Balaban J connectivity index is 2.03. The molecule has 102 valence electrons. The lowest BCUT2D eigenvalue weighted by Gasteiger charge is -2.06. The van der Waals surface area contributed by atoms with E-state index in [1.807, 2.05) is 6.07 Å². The lowest BCUT2D eigenvalue weighted by Crippen LogP contribution is -2.15. The first-order valence-electron chi connectivity index (χ1n) is 5.79. The second-order valence-electron chi connectivity index (χ2n) is 3.96. The molecule has 0 aromatic heterocycles. The summed E-state index contributed by atoms with van der Waals surface area (Å²) in [5.41, 5.74) is 0.889. The summed E-state index contributed by atoms with van der Waals surface area (Å²) in [5, 5.41) is 0. The predicted molar refractivity (Wildman–Crippen MR) is 82.9 cm³/mol. The van der Waals surface area contributed by atoms with Crippen molar-refractivity contribution >= 4 is 43.6 Å². The maximum absolute atomic E-state index is 12.0. The Morgan fingerprint density at radius 2 is 1.35 bits per heavy atom. The van der Waals surface area contributed by atoms with Crippen molar-refractivity contribution in [3.05, 3.63) is 68.6 Å². The molecule has 0 atom stereocenters. The highest BCUT2D eigenvalue weighted by molar-refractivity contribution is 9.10. The highest BCUT2D eigenvalue weighted by Gasteiger charge is 2.15. The molecule has 0 aliphatic carbocycles. The lowest BCUT2D eigenvalue weighted by atomic mass is 10.1. The normalized spacial score (nSPS) is 10.1. The Kier molecular flexibility index (Phi) is 5.09. The Labute approximate surface area is 133 Å². The van der Waals surface area contributed by atoms with Crippen LogP contribution in [0.15, 0.2) is 57.5 Å². The molecule has 0 bridgehead atoms. The van der Waals surface area contributed by atoms with Crippen molar-refractivity contribution in [2.45, 2.75) is 0 Å². The van der Waals surface area contributed by atoms with Gasteiger partial charge in [-0.05, 0) is 34.1 Å². The van der Waals surface area contributed by atoms with E-state index in [2.05, 4.69) is 31.9 Å². The van der Waals surface area contributed by atoms with Gasteiger partial charge in [0.1, 0.15) is 0 Å². The molecule has 0 saturated carbocycles. The third-order valence-electron chi connectivity index (χ3n) is 2.60. The number of benzene rings is 2. The molecule has 0 aliphatic heterocycles. The van der Waals surface area contributed by atoms with Crippen LogP contribution in [0.1, 0.15) is 20.7 Å². The van der Waals surface area contributed by atoms with Gasteiger partial charge in [-0.1, -0.05) is 46.3 Å². The van der Waals surface area contributed by atoms with Crippen molar-refractivity contribution in [2.75, 3.05) is 6.61 Å². The smallest absolute Gasteiger partial charge is 0.339 e. The summed E-state index contributed by atoms with van der Waals surface area (Å²) in [7, 11) is 0. The maximum atomic E-state index is 12.0. The van der Waals surface area contributed by atoms with Crippen LogP contribution < -0.4 is 0 Å². The highest BCUT2D eigenvalue weighted by Crippen LogP contribution is 2.18. The fourth-order valence-electron chi connectivity index (χ4n) is 1.60. The van der Waals surface area contributed by atoms with Crippen LogP contribution in [0.4, 0.5) is 0 Å². The number of hydrogen-bond donors (Lipinski definition) is 0. The average molecular weight is 398 g/mol. The molecule has 0 amide bonds. The van der Waals surface area contributed by atoms with Crippen LogP contribution in [-0.4, -0.2) is 18.4 Å². The van der Waals surface area contributed by atoms with Crippen LogP contribution in [-0.2, 0) is 4.74 Å². The van der Waals surface area contributed by atoms with Crippen molar-refractivity contribution in [2.24, 2.45) is 0 Å². The Hall–Kier alpha value is -1.46. The van der Waals surface area contributed by atoms with Gasteiger partial charge in [-0.15, -0.1) is 0 Å². The van der Waals surface area contributed by atoms with Gasteiger partial charge in [-0.25, -0.2) is 4.79 Å². The molecule has 0 fully saturated rings.